The van der Waals surface area contributed by atoms with Gasteiger partial charge in [-0.05, 0) is 98.4 Å². The van der Waals surface area contributed by atoms with Crippen LogP contribution in [0.5, 0.6) is 0 Å². The van der Waals surface area contributed by atoms with Gasteiger partial charge in [0.1, 0.15) is 0 Å². The molecule has 4 saturated carbocycles. The van der Waals surface area contributed by atoms with Gasteiger partial charge in [0.2, 0.25) is 0 Å². The van der Waals surface area contributed by atoms with Gasteiger partial charge in [-0.15, -0.1) is 0 Å². The maximum absolute atomic E-state index is 2.39. The first kappa shape index (κ1) is 14.6. The zero-order valence-electron chi connectivity index (χ0n) is 14.5. The highest BCUT2D eigenvalue weighted by atomic mass is 14.5. The Kier molecular flexibility index (Phi) is 3.76. The van der Waals surface area contributed by atoms with Crippen molar-refractivity contribution < 1.29 is 0 Å². The second kappa shape index (κ2) is 5.94. The van der Waals surface area contributed by atoms with Crippen LogP contribution >= 0.6 is 0 Å². The zero-order valence-corrected chi connectivity index (χ0v) is 14.5. The molecular formula is C23H32. The molecule has 0 N–H and O–H groups in total. The van der Waals surface area contributed by atoms with Gasteiger partial charge in [0, 0.05) is 0 Å². The van der Waals surface area contributed by atoms with Gasteiger partial charge in [-0.2, -0.15) is 0 Å². The molecule has 0 amide bonds. The third-order valence-corrected chi connectivity index (χ3v) is 8.43. The van der Waals surface area contributed by atoms with Crippen molar-refractivity contribution in [1.29, 1.82) is 0 Å². The second-order valence-electron chi connectivity index (χ2n) is 9.18. The van der Waals surface area contributed by atoms with Gasteiger partial charge in [-0.25, -0.2) is 0 Å². The quantitative estimate of drug-likeness (QED) is 0.561. The maximum Gasteiger partial charge on any atom is -0.0159 e. The monoisotopic (exact) mass is 308 g/mol. The van der Waals surface area contributed by atoms with Crippen LogP contribution in [0, 0.1) is 35.5 Å². The standard InChI is InChI=1S/C23H32/c1-2-5-16(6-3-1)19-10-9-18-12-13-21-20-8-4-7-17(20)11-14-22(21)23(18)15-19/h1-3,5-6,17-23H,4,7-15H2/t17-,18+,19?,20+,21-,22-,23-/m0/s1. The fourth-order valence-electron chi connectivity index (χ4n) is 7.47. The average molecular weight is 309 g/mol. The Morgan fingerprint density at radius 1 is 0.565 bits per heavy atom. The van der Waals surface area contributed by atoms with E-state index in [4.69, 9.17) is 0 Å². The van der Waals surface area contributed by atoms with Crippen LogP contribution in [0.3, 0.4) is 0 Å². The summed E-state index contributed by atoms with van der Waals surface area (Å²) in [6.45, 7) is 0. The fraction of sp³-hybridized carbons (Fsp3) is 0.739. The molecule has 0 nitrogen and oxygen atoms in total. The lowest BCUT2D eigenvalue weighted by atomic mass is 9.52. The first-order valence-corrected chi connectivity index (χ1v) is 10.4. The SMILES string of the molecule is c1ccc(C2CC[C@@H]3CC[C@@H]4[C@H](CC[C@@H]5CCC[C@H]54)[C@H]3C2)cc1. The molecule has 0 spiro atoms. The molecule has 0 bridgehead atoms. The van der Waals surface area contributed by atoms with E-state index in [-0.39, 0.29) is 0 Å². The molecule has 0 aliphatic heterocycles. The average Bonchev–Trinajstić information content (AvgIpc) is 3.11. The highest BCUT2D eigenvalue weighted by molar-refractivity contribution is 5.20. The number of hydrogen-bond donors (Lipinski definition) is 0. The van der Waals surface area contributed by atoms with Crippen LogP contribution in [0.2, 0.25) is 0 Å². The molecule has 4 fully saturated rings. The summed E-state index contributed by atoms with van der Waals surface area (Å²) in [5, 5.41) is 0. The Hall–Kier alpha value is -0.780. The van der Waals surface area contributed by atoms with Gasteiger partial charge in [0.25, 0.3) is 0 Å². The first-order chi connectivity index (χ1) is 11.4. The molecule has 1 aromatic rings. The smallest absolute Gasteiger partial charge is 0.0159 e. The lowest BCUT2D eigenvalue weighted by molar-refractivity contribution is -0.0226. The predicted molar refractivity (Wildman–Crippen MR) is 96.3 cm³/mol. The van der Waals surface area contributed by atoms with Crippen LogP contribution in [-0.4, -0.2) is 0 Å². The lowest BCUT2D eigenvalue weighted by Crippen LogP contribution is -2.44. The first-order valence-electron chi connectivity index (χ1n) is 10.4. The van der Waals surface area contributed by atoms with Crippen molar-refractivity contribution in [3.05, 3.63) is 35.9 Å². The Balaban J connectivity index is 1.37. The minimum atomic E-state index is 0.859. The molecule has 4 aliphatic carbocycles. The summed E-state index contributed by atoms with van der Waals surface area (Å²) in [5.41, 5.74) is 1.63. The van der Waals surface area contributed by atoms with Crippen molar-refractivity contribution >= 4 is 0 Å². The Morgan fingerprint density at radius 2 is 1.26 bits per heavy atom. The molecule has 1 aromatic carbocycles. The number of benzene rings is 1. The van der Waals surface area contributed by atoms with Gasteiger partial charge < -0.3 is 0 Å². The summed E-state index contributed by atoms with van der Waals surface area (Å²) < 4.78 is 0. The zero-order chi connectivity index (χ0) is 15.2. The molecule has 7 atom stereocenters. The Morgan fingerprint density at radius 3 is 2.09 bits per heavy atom. The van der Waals surface area contributed by atoms with Crippen molar-refractivity contribution in [3.63, 3.8) is 0 Å². The second-order valence-corrected chi connectivity index (χ2v) is 9.18. The van der Waals surface area contributed by atoms with Crippen LogP contribution < -0.4 is 0 Å². The largest absolute Gasteiger partial charge is 0.0622 e. The molecule has 0 heteroatoms. The maximum atomic E-state index is 2.39. The summed E-state index contributed by atoms with van der Waals surface area (Å²) in [4.78, 5) is 0. The topological polar surface area (TPSA) is 0 Å². The van der Waals surface area contributed by atoms with E-state index in [1.807, 2.05) is 0 Å². The molecule has 0 heterocycles. The minimum absolute atomic E-state index is 0.859. The van der Waals surface area contributed by atoms with Crippen molar-refractivity contribution in [2.75, 3.05) is 0 Å². The van der Waals surface area contributed by atoms with Crippen LogP contribution in [0.15, 0.2) is 30.3 Å². The minimum Gasteiger partial charge on any atom is -0.0622 e. The third kappa shape index (κ3) is 2.48. The van der Waals surface area contributed by atoms with E-state index >= 15 is 0 Å². The van der Waals surface area contributed by atoms with Crippen LogP contribution in [0.4, 0.5) is 0 Å². The molecule has 124 valence electrons. The molecule has 5 rings (SSSR count). The van der Waals surface area contributed by atoms with Gasteiger partial charge in [-0.3, -0.25) is 0 Å². The number of fused-ring (bicyclic) bond motifs is 5. The molecule has 4 aliphatic rings. The molecular weight excluding hydrogens is 276 g/mol. The van der Waals surface area contributed by atoms with Gasteiger partial charge in [0.05, 0.1) is 0 Å². The van der Waals surface area contributed by atoms with E-state index < -0.39 is 0 Å². The van der Waals surface area contributed by atoms with Crippen molar-refractivity contribution in [2.45, 2.75) is 70.1 Å². The van der Waals surface area contributed by atoms with Gasteiger partial charge >= 0.3 is 0 Å². The highest BCUT2D eigenvalue weighted by Gasteiger charge is 2.49. The van der Waals surface area contributed by atoms with Crippen molar-refractivity contribution in [1.82, 2.24) is 0 Å². The van der Waals surface area contributed by atoms with E-state index in [0.29, 0.717) is 0 Å². The van der Waals surface area contributed by atoms with Crippen LogP contribution in [0.25, 0.3) is 0 Å². The Bertz CT molecular complexity index is 532. The van der Waals surface area contributed by atoms with Crippen LogP contribution in [-0.2, 0) is 0 Å². The van der Waals surface area contributed by atoms with E-state index in [1.54, 1.807) is 50.5 Å². The molecule has 0 radical (unpaired) electrons. The predicted octanol–water partition coefficient (Wildman–Crippen LogP) is 6.42. The van der Waals surface area contributed by atoms with Crippen molar-refractivity contribution in [2.24, 2.45) is 35.5 Å². The summed E-state index contributed by atoms with van der Waals surface area (Å²) in [6.07, 6.45) is 15.5. The molecule has 23 heavy (non-hydrogen) atoms. The summed E-state index contributed by atoms with van der Waals surface area (Å²) in [7, 11) is 0. The summed E-state index contributed by atoms with van der Waals surface area (Å²) in [6, 6.07) is 11.4. The van der Waals surface area contributed by atoms with E-state index in [0.717, 1.165) is 41.4 Å². The van der Waals surface area contributed by atoms with E-state index in [1.165, 1.54) is 19.3 Å². The molecule has 0 aromatic heterocycles. The van der Waals surface area contributed by atoms with Gasteiger partial charge in [0.15, 0.2) is 0 Å². The van der Waals surface area contributed by atoms with Gasteiger partial charge in [-0.1, -0.05) is 43.2 Å². The summed E-state index contributed by atoms with van der Waals surface area (Å²) in [5.74, 6) is 7.47. The molecule has 0 saturated heterocycles. The number of hydrogen-bond acceptors (Lipinski definition) is 0. The number of rotatable bonds is 1. The molecule has 1 unspecified atom stereocenters. The van der Waals surface area contributed by atoms with E-state index in [2.05, 4.69) is 30.3 Å². The highest BCUT2D eigenvalue weighted by Crippen LogP contribution is 2.59. The summed E-state index contributed by atoms with van der Waals surface area (Å²) >= 11 is 0. The normalized spacial score (nSPS) is 45.8. The third-order valence-electron chi connectivity index (χ3n) is 8.43. The Labute approximate surface area is 142 Å². The fourth-order valence-corrected chi connectivity index (χ4v) is 7.47. The van der Waals surface area contributed by atoms with Crippen LogP contribution in [0.1, 0.15) is 75.7 Å². The lowest BCUT2D eigenvalue weighted by Gasteiger charge is -2.53. The van der Waals surface area contributed by atoms with E-state index in [9.17, 15) is 0 Å². The van der Waals surface area contributed by atoms with Crippen molar-refractivity contribution in [3.8, 4) is 0 Å².